The van der Waals surface area contributed by atoms with Crippen molar-refractivity contribution in [3.63, 3.8) is 0 Å². The van der Waals surface area contributed by atoms with Gasteiger partial charge < -0.3 is 9.47 Å². The molecule has 4 nitrogen and oxygen atoms in total. The molecule has 0 atom stereocenters. The molecule has 0 aliphatic carbocycles. The zero-order chi connectivity index (χ0) is 14.0. The Kier molecular flexibility index (Phi) is 3.90. The van der Waals surface area contributed by atoms with Crippen molar-refractivity contribution in [2.75, 3.05) is 7.11 Å². The summed E-state index contributed by atoms with van der Waals surface area (Å²) in [6, 6.07) is 4.06. The number of methoxy groups -OCH3 is 1. The quantitative estimate of drug-likeness (QED) is 0.800. The summed E-state index contributed by atoms with van der Waals surface area (Å²) in [6.07, 6.45) is 1.35. The minimum Gasteiger partial charge on any atom is -0.489 e. The van der Waals surface area contributed by atoms with Crippen LogP contribution in [0.2, 0.25) is 5.15 Å². The van der Waals surface area contributed by atoms with Crippen LogP contribution in [-0.2, 0) is 0 Å². The zero-order valence-electron chi connectivity index (χ0n) is 11.3. The Hall–Kier alpha value is -1.81. The molecule has 0 saturated carbocycles. The molecule has 2 rings (SSSR count). The highest BCUT2D eigenvalue weighted by atomic mass is 35.5. The number of halogens is 1. The summed E-state index contributed by atoms with van der Waals surface area (Å²) in [6.45, 7) is 6.02. The third-order valence-electron chi connectivity index (χ3n) is 3.00. The van der Waals surface area contributed by atoms with Gasteiger partial charge in [-0.25, -0.2) is 4.98 Å². The van der Waals surface area contributed by atoms with Crippen LogP contribution in [0.25, 0.3) is 0 Å². The predicted octanol–water partition coefficient (Wildman–Crippen LogP) is 3.86. The molecule has 100 valence electrons. The second kappa shape index (κ2) is 5.45. The summed E-state index contributed by atoms with van der Waals surface area (Å²) in [4.78, 5) is 7.94. The van der Waals surface area contributed by atoms with Gasteiger partial charge in [-0.1, -0.05) is 23.7 Å². The van der Waals surface area contributed by atoms with E-state index >= 15 is 0 Å². The van der Waals surface area contributed by atoms with E-state index in [9.17, 15) is 0 Å². The minimum atomic E-state index is 0.232. The van der Waals surface area contributed by atoms with Crippen molar-refractivity contribution >= 4 is 11.6 Å². The molecular weight excluding hydrogens is 264 g/mol. The van der Waals surface area contributed by atoms with E-state index in [4.69, 9.17) is 21.1 Å². The van der Waals surface area contributed by atoms with Crippen molar-refractivity contribution in [2.45, 2.75) is 20.8 Å². The van der Waals surface area contributed by atoms with Gasteiger partial charge in [0.15, 0.2) is 5.15 Å². The molecule has 0 bridgehead atoms. The summed E-state index contributed by atoms with van der Waals surface area (Å²) >= 11 is 5.95. The number of nitrogens with zero attached hydrogens (tertiary/aromatic N) is 2. The maximum atomic E-state index is 5.95. The van der Waals surface area contributed by atoms with Crippen molar-refractivity contribution in [3.05, 3.63) is 40.3 Å². The van der Waals surface area contributed by atoms with Crippen LogP contribution < -0.4 is 9.47 Å². The van der Waals surface area contributed by atoms with E-state index in [0.717, 1.165) is 22.4 Å². The normalized spacial score (nSPS) is 10.4. The molecule has 0 saturated heterocycles. The molecule has 5 heteroatoms. The SMILES string of the molecule is COc1c(Cl)ncnc1Oc1c(C)ccc(C)c1C. The van der Waals surface area contributed by atoms with E-state index in [2.05, 4.69) is 16.0 Å². The van der Waals surface area contributed by atoms with Crippen LogP contribution in [0.3, 0.4) is 0 Å². The smallest absolute Gasteiger partial charge is 0.267 e. The Bertz CT molecular complexity index is 615. The number of aromatic nitrogens is 2. The molecule has 0 amide bonds. The van der Waals surface area contributed by atoms with Gasteiger partial charge in [0, 0.05) is 0 Å². The molecule has 1 aromatic heterocycles. The second-order valence-corrected chi connectivity index (χ2v) is 4.62. The molecule has 1 aromatic carbocycles. The van der Waals surface area contributed by atoms with Gasteiger partial charge in [-0.2, -0.15) is 4.98 Å². The standard InChI is InChI=1S/C14H15ClN2O2/c1-8-5-6-9(2)11(10(8)3)19-14-12(18-4)13(15)16-7-17-14/h5-7H,1-4H3. The van der Waals surface area contributed by atoms with Crippen molar-refractivity contribution in [1.82, 2.24) is 9.97 Å². The van der Waals surface area contributed by atoms with Crippen LogP contribution in [0.1, 0.15) is 16.7 Å². The maximum Gasteiger partial charge on any atom is 0.267 e. The first-order valence-electron chi connectivity index (χ1n) is 5.83. The Morgan fingerprint density at radius 2 is 1.68 bits per heavy atom. The van der Waals surface area contributed by atoms with E-state index in [0.29, 0.717) is 11.6 Å². The topological polar surface area (TPSA) is 44.2 Å². The number of aryl methyl sites for hydroxylation is 2. The van der Waals surface area contributed by atoms with Gasteiger partial charge in [-0.15, -0.1) is 0 Å². The monoisotopic (exact) mass is 278 g/mol. The van der Waals surface area contributed by atoms with E-state index in [1.807, 2.05) is 26.8 Å². The van der Waals surface area contributed by atoms with Crippen LogP contribution in [0.15, 0.2) is 18.5 Å². The molecule has 19 heavy (non-hydrogen) atoms. The van der Waals surface area contributed by atoms with Gasteiger partial charge in [0.05, 0.1) is 7.11 Å². The van der Waals surface area contributed by atoms with Gasteiger partial charge in [-0.3, -0.25) is 0 Å². The Morgan fingerprint density at radius 3 is 2.37 bits per heavy atom. The third-order valence-corrected chi connectivity index (χ3v) is 3.27. The summed E-state index contributed by atoms with van der Waals surface area (Å²) in [5.74, 6) is 1.43. The maximum absolute atomic E-state index is 5.95. The van der Waals surface area contributed by atoms with Gasteiger partial charge in [0.2, 0.25) is 5.75 Å². The molecule has 2 aromatic rings. The van der Waals surface area contributed by atoms with Gasteiger partial charge in [0.1, 0.15) is 12.1 Å². The van der Waals surface area contributed by atoms with E-state index in [1.54, 1.807) is 0 Å². The van der Waals surface area contributed by atoms with Gasteiger partial charge in [-0.05, 0) is 37.5 Å². The number of ether oxygens (including phenoxy) is 2. The highest BCUT2D eigenvalue weighted by Gasteiger charge is 2.15. The van der Waals surface area contributed by atoms with E-state index < -0.39 is 0 Å². The number of benzene rings is 1. The highest BCUT2D eigenvalue weighted by molar-refractivity contribution is 6.31. The highest BCUT2D eigenvalue weighted by Crippen LogP contribution is 2.36. The molecule has 0 radical (unpaired) electrons. The Morgan fingerprint density at radius 1 is 1.00 bits per heavy atom. The molecular formula is C14H15ClN2O2. The molecule has 0 spiro atoms. The largest absolute Gasteiger partial charge is 0.489 e. The first-order valence-corrected chi connectivity index (χ1v) is 6.21. The van der Waals surface area contributed by atoms with E-state index in [1.165, 1.54) is 13.4 Å². The Labute approximate surface area is 117 Å². The molecule has 0 aliphatic heterocycles. The van der Waals surface area contributed by atoms with Gasteiger partial charge in [0.25, 0.3) is 5.88 Å². The lowest BCUT2D eigenvalue weighted by molar-refractivity contribution is 0.365. The lowest BCUT2D eigenvalue weighted by Crippen LogP contribution is -1.99. The fourth-order valence-corrected chi connectivity index (χ4v) is 1.96. The number of rotatable bonds is 3. The average Bonchev–Trinajstić information content (AvgIpc) is 2.39. The van der Waals surface area contributed by atoms with Gasteiger partial charge >= 0.3 is 0 Å². The average molecular weight is 279 g/mol. The molecule has 0 aliphatic rings. The van der Waals surface area contributed by atoms with Crippen molar-refractivity contribution in [1.29, 1.82) is 0 Å². The van der Waals surface area contributed by atoms with Crippen molar-refractivity contribution in [3.8, 4) is 17.4 Å². The van der Waals surface area contributed by atoms with E-state index in [-0.39, 0.29) is 5.15 Å². The van der Waals surface area contributed by atoms with Crippen molar-refractivity contribution < 1.29 is 9.47 Å². The number of hydrogen-bond donors (Lipinski definition) is 0. The fourth-order valence-electron chi connectivity index (χ4n) is 1.76. The summed E-state index contributed by atoms with van der Waals surface area (Å²) in [7, 11) is 1.51. The second-order valence-electron chi connectivity index (χ2n) is 4.26. The summed E-state index contributed by atoms with van der Waals surface area (Å²) in [5, 5.41) is 0.232. The van der Waals surface area contributed by atoms with Crippen LogP contribution >= 0.6 is 11.6 Å². The Balaban J connectivity index is 2.48. The molecule has 0 unspecified atom stereocenters. The number of hydrogen-bond acceptors (Lipinski definition) is 4. The van der Waals surface area contributed by atoms with Crippen LogP contribution in [0.5, 0.6) is 17.4 Å². The van der Waals surface area contributed by atoms with Crippen LogP contribution in [-0.4, -0.2) is 17.1 Å². The predicted molar refractivity (Wildman–Crippen MR) is 74.3 cm³/mol. The molecule has 1 heterocycles. The fraction of sp³-hybridized carbons (Fsp3) is 0.286. The molecule has 0 N–H and O–H groups in total. The third kappa shape index (κ3) is 2.63. The van der Waals surface area contributed by atoms with Crippen molar-refractivity contribution in [2.24, 2.45) is 0 Å². The molecule has 0 fully saturated rings. The lowest BCUT2D eigenvalue weighted by atomic mass is 10.1. The zero-order valence-corrected chi connectivity index (χ0v) is 12.1. The van der Waals surface area contributed by atoms with Crippen LogP contribution in [0, 0.1) is 20.8 Å². The lowest BCUT2D eigenvalue weighted by Gasteiger charge is -2.14. The minimum absolute atomic E-state index is 0.232. The summed E-state index contributed by atoms with van der Waals surface area (Å²) < 4.78 is 11.0. The first-order chi connectivity index (χ1) is 9.04. The summed E-state index contributed by atoms with van der Waals surface area (Å²) in [5.41, 5.74) is 3.25. The van der Waals surface area contributed by atoms with Crippen LogP contribution in [0.4, 0.5) is 0 Å². The first kappa shape index (κ1) is 13.6.